The van der Waals surface area contributed by atoms with Crippen LogP contribution in [0.5, 0.6) is 11.5 Å². The second kappa shape index (κ2) is 16.3. The minimum atomic E-state index is -0.633. The molecule has 3 unspecified atom stereocenters. The number of carbonyl (C=O) groups excluding carboxylic acids is 2. The van der Waals surface area contributed by atoms with Crippen molar-refractivity contribution in [1.82, 2.24) is 10.2 Å². The molecule has 0 saturated carbocycles. The van der Waals surface area contributed by atoms with Crippen molar-refractivity contribution in [2.75, 3.05) is 41.8 Å². The molecule has 5 aromatic rings. The van der Waals surface area contributed by atoms with Gasteiger partial charge in [0, 0.05) is 48.7 Å². The van der Waals surface area contributed by atoms with E-state index in [1.807, 2.05) is 97.1 Å². The van der Waals surface area contributed by atoms with Gasteiger partial charge in [0.25, 0.3) is 0 Å². The third-order valence-corrected chi connectivity index (χ3v) is 10.7. The molecule has 3 aliphatic heterocycles. The van der Waals surface area contributed by atoms with E-state index in [0.717, 1.165) is 54.1 Å². The van der Waals surface area contributed by atoms with Crippen molar-refractivity contribution in [3.05, 3.63) is 150 Å². The van der Waals surface area contributed by atoms with E-state index in [1.54, 1.807) is 24.3 Å². The maximum atomic E-state index is 13.2. The second-order valence-electron chi connectivity index (χ2n) is 14.3. The van der Waals surface area contributed by atoms with Gasteiger partial charge in [-0.25, -0.2) is 4.79 Å². The van der Waals surface area contributed by atoms with Crippen molar-refractivity contribution in [1.29, 1.82) is 0 Å². The number of aliphatic hydroxyl groups excluding tert-OH is 1. The Hall–Kier alpha value is -5.72. The molecule has 3 amide bonds. The summed E-state index contributed by atoms with van der Waals surface area (Å²) in [5.74, 6) is 1.51. The molecule has 0 aromatic heterocycles. The van der Waals surface area contributed by atoms with Crippen LogP contribution in [-0.2, 0) is 20.9 Å². The number of rotatable bonds is 10. The van der Waals surface area contributed by atoms with Gasteiger partial charge in [-0.2, -0.15) is 0 Å². The van der Waals surface area contributed by atoms with Crippen LogP contribution in [0.15, 0.2) is 133 Å². The highest BCUT2D eigenvalue weighted by atomic mass is 16.7. The number of urea groups is 1. The predicted molar refractivity (Wildman–Crippen MR) is 211 cm³/mol. The smallest absolute Gasteiger partial charge is 0.323 e. The Morgan fingerprint density at radius 2 is 1.36 bits per heavy atom. The van der Waals surface area contributed by atoms with E-state index in [9.17, 15) is 14.7 Å². The van der Waals surface area contributed by atoms with E-state index in [2.05, 4.69) is 37.9 Å². The fraction of sp³-hybridized carbons (Fsp3) is 0.273. The lowest BCUT2D eigenvalue weighted by molar-refractivity contribution is -0.253. The van der Waals surface area contributed by atoms with E-state index in [0.29, 0.717) is 36.8 Å². The molecule has 55 heavy (non-hydrogen) atoms. The summed E-state index contributed by atoms with van der Waals surface area (Å²) in [5, 5.41) is 18.5. The standard InChI is InChI=1S/C44H45N5O6/c50-29-31-11-13-32(14-12-31)40-27-39(28-48-25-23-44(24-26-48)42(51)45-30-49(44)36-7-3-1-4-8-36)54-41(55-40)33-15-17-34(18-16-33)46-43(52)47-35-19-21-38(22-20-35)53-37-9-5-2-6-10-37/h1-22,39-41,50H,23-30H2,(H,45,51)(H2,46,47,52). The number of aliphatic hydroxyl groups is 1. The number of hydrogen-bond donors (Lipinski definition) is 4. The molecule has 4 N–H and O–H groups in total. The molecule has 0 bridgehead atoms. The van der Waals surface area contributed by atoms with Crippen LogP contribution >= 0.6 is 0 Å². The van der Waals surface area contributed by atoms with Crippen molar-refractivity contribution in [3.63, 3.8) is 0 Å². The minimum absolute atomic E-state index is 0.0231. The fourth-order valence-corrected chi connectivity index (χ4v) is 7.71. The number of amides is 3. The van der Waals surface area contributed by atoms with E-state index < -0.39 is 11.8 Å². The van der Waals surface area contributed by atoms with Gasteiger partial charge >= 0.3 is 6.03 Å². The van der Waals surface area contributed by atoms with Crippen molar-refractivity contribution in [2.45, 2.75) is 49.9 Å². The Morgan fingerprint density at radius 3 is 2.02 bits per heavy atom. The Balaban J connectivity index is 0.908. The SMILES string of the molecule is O=C(Nc1ccc(Oc2ccccc2)cc1)Nc1ccc(C2OC(CN3CCC4(CC3)C(=O)NCN4c3ccccc3)CC(c3ccc(CO)cc3)O2)cc1. The molecule has 0 radical (unpaired) electrons. The quantitative estimate of drug-likeness (QED) is 0.116. The molecule has 1 spiro atoms. The topological polar surface area (TPSA) is 125 Å². The lowest BCUT2D eigenvalue weighted by atomic mass is 9.85. The minimum Gasteiger partial charge on any atom is -0.457 e. The summed E-state index contributed by atoms with van der Waals surface area (Å²) in [4.78, 5) is 30.7. The number of benzene rings is 5. The van der Waals surface area contributed by atoms with E-state index in [4.69, 9.17) is 14.2 Å². The summed E-state index contributed by atoms with van der Waals surface area (Å²) < 4.78 is 19.1. The highest BCUT2D eigenvalue weighted by Crippen LogP contribution is 2.40. The number of hydrogen-bond acceptors (Lipinski definition) is 8. The summed E-state index contributed by atoms with van der Waals surface area (Å²) in [5.41, 5.74) is 4.45. The molecule has 3 atom stereocenters. The first-order valence-corrected chi connectivity index (χ1v) is 18.8. The monoisotopic (exact) mass is 739 g/mol. The van der Waals surface area contributed by atoms with Crippen molar-refractivity contribution in [2.24, 2.45) is 0 Å². The van der Waals surface area contributed by atoms with E-state index in [1.165, 1.54) is 0 Å². The van der Waals surface area contributed by atoms with Gasteiger partial charge in [0.15, 0.2) is 6.29 Å². The van der Waals surface area contributed by atoms with Crippen LogP contribution in [0.3, 0.4) is 0 Å². The first-order chi connectivity index (χ1) is 26.9. The summed E-state index contributed by atoms with van der Waals surface area (Å²) >= 11 is 0. The molecule has 3 saturated heterocycles. The maximum Gasteiger partial charge on any atom is 0.323 e. The van der Waals surface area contributed by atoms with Crippen LogP contribution < -0.4 is 25.6 Å². The van der Waals surface area contributed by atoms with E-state index in [-0.39, 0.29) is 30.8 Å². The van der Waals surface area contributed by atoms with Crippen molar-refractivity contribution < 1.29 is 28.9 Å². The summed E-state index contributed by atoms with van der Waals surface area (Å²) in [6.45, 7) is 2.73. The number of nitrogens with zero attached hydrogens (tertiary/aromatic N) is 2. The number of ether oxygens (including phenoxy) is 3. The van der Waals surface area contributed by atoms with Crippen molar-refractivity contribution in [3.8, 4) is 11.5 Å². The zero-order valence-corrected chi connectivity index (χ0v) is 30.5. The predicted octanol–water partition coefficient (Wildman–Crippen LogP) is 7.59. The van der Waals surface area contributed by atoms with Crippen LogP contribution in [0, 0.1) is 0 Å². The van der Waals surface area contributed by atoms with E-state index >= 15 is 0 Å². The lowest BCUT2D eigenvalue weighted by Crippen LogP contribution is -2.57. The number of carbonyl (C=O) groups is 2. The number of likely N-dealkylation sites (tertiary alicyclic amines) is 1. The average Bonchev–Trinajstić information content (AvgIpc) is 3.54. The first kappa shape index (κ1) is 36.3. The van der Waals surface area contributed by atoms with Crippen LogP contribution in [0.25, 0.3) is 0 Å². The highest BCUT2D eigenvalue weighted by molar-refractivity contribution is 5.99. The average molecular weight is 740 g/mol. The lowest BCUT2D eigenvalue weighted by Gasteiger charge is -2.45. The Morgan fingerprint density at radius 1 is 0.764 bits per heavy atom. The van der Waals surface area contributed by atoms with Gasteiger partial charge < -0.3 is 45.1 Å². The van der Waals surface area contributed by atoms with Crippen LogP contribution in [0.4, 0.5) is 21.9 Å². The molecular weight excluding hydrogens is 695 g/mol. The normalized spacial score (nSPS) is 20.9. The Bertz CT molecular complexity index is 2040. The zero-order valence-electron chi connectivity index (χ0n) is 30.5. The summed E-state index contributed by atoms with van der Waals surface area (Å²) in [6, 6.07) is 41.8. The largest absolute Gasteiger partial charge is 0.457 e. The molecular formula is C44H45N5O6. The number of piperidine rings is 1. The molecule has 5 aromatic carbocycles. The van der Waals surface area contributed by atoms with Gasteiger partial charge in [-0.3, -0.25) is 4.79 Å². The second-order valence-corrected chi connectivity index (χ2v) is 14.3. The molecule has 8 rings (SSSR count). The van der Waals surface area contributed by atoms with Gasteiger partial charge in [0.1, 0.15) is 17.0 Å². The zero-order chi connectivity index (χ0) is 37.6. The highest BCUT2D eigenvalue weighted by Gasteiger charge is 2.50. The summed E-state index contributed by atoms with van der Waals surface area (Å²) in [6.07, 6.45) is 1.11. The van der Waals surface area contributed by atoms with Gasteiger partial charge in [0.05, 0.1) is 25.5 Å². The molecule has 11 heteroatoms. The van der Waals surface area contributed by atoms with Crippen LogP contribution in [0.1, 0.15) is 48.3 Å². The number of nitrogens with one attached hydrogen (secondary N) is 3. The molecule has 3 heterocycles. The maximum absolute atomic E-state index is 13.2. The van der Waals surface area contributed by atoms with Crippen LogP contribution in [0.2, 0.25) is 0 Å². The number of anilines is 3. The molecule has 0 aliphatic carbocycles. The van der Waals surface area contributed by atoms with Gasteiger partial charge in [0.2, 0.25) is 5.91 Å². The Kier molecular flexibility index (Phi) is 10.8. The molecule has 11 nitrogen and oxygen atoms in total. The van der Waals surface area contributed by atoms with Crippen molar-refractivity contribution >= 4 is 29.0 Å². The van der Waals surface area contributed by atoms with Crippen LogP contribution in [-0.4, -0.2) is 59.9 Å². The van der Waals surface area contributed by atoms with Gasteiger partial charge in [-0.15, -0.1) is 0 Å². The Labute approximate surface area is 320 Å². The fourth-order valence-electron chi connectivity index (χ4n) is 7.71. The molecule has 3 aliphatic rings. The third-order valence-electron chi connectivity index (χ3n) is 10.7. The van der Waals surface area contributed by atoms with Gasteiger partial charge in [-0.05, 0) is 84.6 Å². The third kappa shape index (κ3) is 8.35. The first-order valence-electron chi connectivity index (χ1n) is 18.8. The van der Waals surface area contributed by atoms with Gasteiger partial charge in [-0.1, -0.05) is 72.8 Å². The number of para-hydroxylation sites is 2. The molecule has 282 valence electrons. The molecule has 3 fully saturated rings. The summed E-state index contributed by atoms with van der Waals surface area (Å²) in [7, 11) is 0.